The lowest BCUT2D eigenvalue weighted by Gasteiger charge is -2.37. The molecule has 9 heteroatoms. The summed E-state index contributed by atoms with van der Waals surface area (Å²) in [5.41, 5.74) is 8.17. The van der Waals surface area contributed by atoms with E-state index in [-0.39, 0.29) is 24.2 Å². The SMILES string of the molecule is CCCCOc1ccc(C2CC3C4NN=C(CCC(=O)NCCc5cccs5)N4C=CN3N2)cc1. The van der Waals surface area contributed by atoms with Crippen LogP contribution in [0.25, 0.3) is 0 Å². The second-order valence-corrected chi connectivity index (χ2v) is 10.2. The number of benzene rings is 1. The molecule has 8 nitrogen and oxygen atoms in total. The second-order valence-electron chi connectivity index (χ2n) is 9.15. The van der Waals surface area contributed by atoms with Crippen LogP contribution in [0.3, 0.4) is 0 Å². The summed E-state index contributed by atoms with van der Waals surface area (Å²) in [5.74, 6) is 1.91. The Morgan fingerprint density at radius 3 is 2.91 bits per heavy atom. The normalized spacial score (nSPS) is 22.4. The summed E-state index contributed by atoms with van der Waals surface area (Å²) in [6, 6.07) is 13.0. The van der Waals surface area contributed by atoms with Crippen molar-refractivity contribution >= 4 is 23.1 Å². The zero-order valence-corrected chi connectivity index (χ0v) is 21.0. The van der Waals surface area contributed by atoms with Gasteiger partial charge in [0.25, 0.3) is 0 Å². The van der Waals surface area contributed by atoms with Crippen LogP contribution in [0.4, 0.5) is 0 Å². The molecule has 3 aliphatic rings. The molecule has 1 saturated heterocycles. The molecular formula is C26H34N6O2S. The molecular weight excluding hydrogens is 460 g/mol. The minimum atomic E-state index is 0.0611. The molecule has 1 fully saturated rings. The molecule has 0 aliphatic carbocycles. The monoisotopic (exact) mass is 494 g/mol. The molecule has 0 saturated carbocycles. The van der Waals surface area contributed by atoms with Gasteiger partial charge in [-0.25, -0.2) is 5.43 Å². The maximum Gasteiger partial charge on any atom is 0.220 e. The number of amidine groups is 1. The summed E-state index contributed by atoms with van der Waals surface area (Å²) in [6.07, 6.45) is 9.28. The fraction of sp³-hybridized carbons (Fsp3) is 0.462. The van der Waals surface area contributed by atoms with E-state index >= 15 is 0 Å². The van der Waals surface area contributed by atoms with E-state index in [2.05, 4.69) is 86.2 Å². The number of amides is 1. The van der Waals surface area contributed by atoms with Gasteiger partial charge < -0.3 is 20.0 Å². The van der Waals surface area contributed by atoms with Gasteiger partial charge >= 0.3 is 0 Å². The van der Waals surface area contributed by atoms with Gasteiger partial charge in [0.05, 0.1) is 18.7 Å². The first-order chi connectivity index (χ1) is 17.2. The molecule has 4 heterocycles. The second kappa shape index (κ2) is 11.1. The van der Waals surface area contributed by atoms with Crippen molar-refractivity contribution in [2.45, 2.75) is 63.7 Å². The number of hydrazone groups is 1. The lowest BCUT2D eigenvalue weighted by Crippen LogP contribution is -2.54. The van der Waals surface area contributed by atoms with E-state index in [9.17, 15) is 4.79 Å². The zero-order valence-electron chi connectivity index (χ0n) is 20.2. The number of hydrogen-bond acceptors (Lipinski definition) is 8. The number of carbonyl (C=O) groups is 1. The van der Waals surface area contributed by atoms with Crippen LogP contribution in [0.15, 0.2) is 59.3 Å². The number of hydrogen-bond donors (Lipinski definition) is 3. The summed E-state index contributed by atoms with van der Waals surface area (Å²) in [6.45, 7) is 3.61. The van der Waals surface area contributed by atoms with Crippen molar-refractivity contribution in [1.82, 2.24) is 26.1 Å². The maximum absolute atomic E-state index is 12.3. The van der Waals surface area contributed by atoms with Gasteiger partial charge in [0.1, 0.15) is 17.8 Å². The first kappa shape index (κ1) is 23.7. The molecule has 1 amide bonds. The van der Waals surface area contributed by atoms with Crippen LogP contribution in [0.1, 0.15) is 55.5 Å². The van der Waals surface area contributed by atoms with Crippen molar-refractivity contribution in [3.05, 3.63) is 64.6 Å². The summed E-state index contributed by atoms with van der Waals surface area (Å²) in [7, 11) is 0. The summed E-state index contributed by atoms with van der Waals surface area (Å²) >= 11 is 1.72. The molecule has 35 heavy (non-hydrogen) atoms. The zero-order chi connectivity index (χ0) is 24.0. The van der Waals surface area contributed by atoms with E-state index in [1.165, 1.54) is 10.4 Å². The van der Waals surface area contributed by atoms with Gasteiger partial charge in [0.15, 0.2) is 0 Å². The summed E-state index contributed by atoms with van der Waals surface area (Å²) in [5, 5.41) is 11.8. The van der Waals surface area contributed by atoms with Crippen LogP contribution >= 0.6 is 11.3 Å². The molecule has 3 atom stereocenters. The Morgan fingerprint density at radius 1 is 1.23 bits per heavy atom. The Kier molecular flexibility index (Phi) is 7.54. The van der Waals surface area contributed by atoms with Crippen molar-refractivity contribution < 1.29 is 9.53 Å². The Morgan fingerprint density at radius 2 is 2.11 bits per heavy atom. The molecule has 0 bridgehead atoms. The molecule has 1 aromatic heterocycles. The van der Waals surface area contributed by atoms with E-state index in [1.54, 1.807) is 11.3 Å². The largest absolute Gasteiger partial charge is 0.494 e. The quantitative estimate of drug-likeness (QED) is 0.413. The van der Waals surface area contributed by atoms with E-state index in [0.29, 0.717) is 19.4 Å². The Balaban J connectivity index is 1.09. The first-order valence-corrected chi connectivity index (χ1v) is 13.4. The van der Waals surface area contributed by atoms with Crippen molar-refractivity contribution in [2.24, 2.45) is 5.10 Å². The number of nitrogens with one attached hydrogen (secondary N) is 3. The molecule has 3 aliphatic heterocycles. The molecule has 3 unspecified atom stereocenters. The number of hydrazine groups is 1. The Bertz CT molecular complexity index is 1040. The number of thiophene rings is 1. The minimum absolute atomic E-state index is 0.0611. The third kappa shape index (κ3) is 5.62. The highest BCUT2D eigenvalue weighted by Crippen LogP contribution is 2.34. The third-order valence-corrected chi connectivity index (χ3v) is 7.65. The van der Waals surface area contributed by atoms with Gasteiger partial charge in [-0.3, -0.25) is 10.2 Å². The smallest absolute Gasteiger partial charge is 0.220 e. The standard InChI is InChI=1S/C26H34N6O2S/c1-2-3-16-34-20-8-6-19(7-9-20)22-18-23-26-29-28-24(31(26)14-15-32(23)30-22)10-11-25(33)27-13-12-21-5-4-17-35-21/h4-9,14-15,17,22-23,26,29-30H,2-3,10-13,16,18H2,1H3,(H,27,33). The number of carbonyl (C=O) groups excluding carboxylic acids is 1. The predicted molar refractivity (Wildman–Crippen MR) is 139 cm³/mol. The lowest BCUT2D eigenvalue weighted by molar-refractivity contribution is -0.120. The highest BCUT2D eigenvalue weighted by molar-refractivity contribution is 7.09. The molecule has 5 rings (SSSR count). The Hall–Kier alpha value is -3.04. The van der Waals surface area contributed by atoms with Gasteiger partial charge in [-0.2, -0.15) is 5.10 Å². The summed E-state index contributed by atoms with van der Waals surface area (Å²) in [4.78, 5) is 15.8. The topological polar surface area (TPSA) is 81.2 Å². The van der Waals surface area contributed by atoms with Crippen LogP contribution in [0.2, 0.25) is 0 Å². The number of unbranched alkanes of at least 4 members (excludes halogenated alkanes) is 1. The molecule has 2 aromatic rings. The van der Waals surface area contributed by atoms with E-state index in [1.807, 2.05) is 6.07 Å². The van der Waals surface area contributed by atoms with Crippen LogP contribution in [-0.4, -0.2) is 47.0 Å². The van der Waals surface area contributed by atoms with Crippen LogP contribution in [0, 0.1) is 0 Å². The highest BCUT2D eigenvalue weighted by atomic mass is 32.1. The van der Waals surface area contributed by atoms with Crippen molar-refractivity contribution in [3.63, 3.8) is 0 Å². The highest BCUT2D eigenvalue weighted by Gasteiger charge is 2.44. The number of nitrogens with zero attached hydrogens (tertiary/aromatic N) is 3. The number of ether oxygens (including phenoxy) is 1. The molecule has 0 spiro atoms. The van der Waals surface area contributed by atoms with Gasteiger partial charge in [-0.1, -0.05) is 31.5 Å². The van der Waals surface area contributed by atoms with E-state index < -0.39 is 0 Å². The average Bonchev–Trinajstić information content (AvgIpc) is 3.62. The van der Waals surface area contributed by atoms with Crippen LogP contribution in [-0.2, 0) is 11.2 Å². The van der Waals surface area contributed by atoms with Crippen LogP contribution < -0.4 is 20.9 Å². The third-order valence-electron chi connectivity index (χ3n) is 6.71. The Labute approximate surface area is 211 Å². The lowest BCUT2D eigenvalue weighted by atomic mass is 9.99. The van der Waals surface area contributed by atoms with E-state index in [4.69, 9.17) is 4.74 Å². The van der Waals surface area contributed by atoms with Gasteiger partial charge in [-0.05, 0) is 48.4 Å². The maximum atomic E-state index is 12.3. The first-order valence-electron chi connectivity index (χ1n) is 12.6. The molecule has 3 N–H and O–H groups in total. The van der Waals surface area contributed by atoms with Gasteiger partial charge in [-0.15, -0.1) is 11.3 Å². The number of fused-ring (bicyclic) bond motifs is 3. The molecule has 1 aromatic carbocycles. The molecule has 186 valence electrons. The van der Waals surface area contributed by atoms with Crippen molar-refractivity contribution in [1.29, 1.82) is 0 Å². The average molecular weight is 495 g/mol. The van der Waals surface area contributed by atoms with Crippen molar-refractivity contribution in [2.75, 3.05) is 13.2 Å². The van der Waals surface area contributed by atoms with E-state index in [0.717, 1.165) is 43.9 Å². The van der Waals surface area contributed by atoms with Crippen molar-refractivity contribution in [3.8, 4) is 5.75 Å². The van der Waals surface area contributed by atoms with Gasteiger partial charge in [0, 0.05) is 36.7 Å². The molecule has 0 radical (unpaired) electrons. The fourth-order valence-electron chi connectivity index (χ4n) is 4.75. The predicted octanol–water partition coefficient (Wildman–Crippen LogP) is 3.72. The van der Waals surface area contributed by atoms with Gasteiger partial charge in [0.2, 0.25) is 5.91 Å². The minimum Gasteiger partial charge on any atom is -0.494 e. The number of rotatable bonds is 11. The van der Waals surface area contributed by atoms with Crippen LogP contribution in [0.5, 0.6) is 5.75 Å². The summed E-state index contributed by atoms with van der Waals surface area (Å²) < 4.78 is 5.80. The fourth-order valence-corrected chi connectivity index (χ4v) is 5.46.